The smallest absolute Gasteiger partial charge is 0.322 e. The second kappa shape index (κ2) is 7.01. The molecule has 0 fully saturated rings. The van der Waals surface area contributed by atoms with Gasteiger partial charge in [-0.15, -0.1) is 0 Å². The topological polar surface area (TPSA) is 47.6 Å². The second-order valence-electron chi connectivity index (χ2n) is 4.14. The summed E-state index contributed by atoms with van der Waals surface area (Å²) in [4.78, 5) is 11.5. The second-order valence-corrected chi connectivity index (χ2v) is 4.14. The SMILES string of the molecule is CCOC(=O)C(C)NC(C)c1cccc(OC)c1. The Morgan fingerprint density at radius 3 is 2.72 bits per heavy atom. The van der Waals surface area contributed by atoms with Gasteiger partial charge in [-0.05, 0) is 38.5 Å². The fourth-order valence-electron chi connectivity index (χ4n) is 1.72. The van der Waals surface area contributed by atoms with E-state index in [4.69, 9.17) is 9.47 Å². The Hall–Kier alpha value is -1.55. The Labute approximate surface area is 108 Å². The molecular formula is C14H21NO3. The molecular weight excluding hydrogens is 230 g/mol. The van der Waals surface area contributed by atoms with Gasteiger partial charge in [0.15, 0.2) is 0 Å². The largest absolute Gasteiger partial charge is 0.497 e. The number of methoxy groups -OCH3 is 1. The van der Waals surface area contributed by atoms with Crippen molar-refractivity contribution in [2.24, 2.45) is 0 Å². The average molecular weight is 251 g/mol. The van der Waals surface area contributed by atoms with Gasteiger partial charge in [-0.3, -0.25) is 10.1 Å². The maximum Gasteiger partial charge on any atom is 0.322 e. The van der Waals surface area contributed by atoms with Crippen LogP contribution in [0.3, 0.4) is 0 Å². The lowest BCUT2D eigenvalue weighted by atomic mass is 10.1. The van der Waals surface area contributed by atoms with Crippen LogP contribution < -0.4 is 10.1 Å². The first-order chi connectivity index (χ1) is 8.58. The zero-order chi connectivity index (χ0) is 13.5. The summed E-state index contributed by atoms with van der Waals surface area (Å²) in [6.07, 6.45) is 0. The third-order valence-corrected chi connectivity index (χ3v) is 2.73. The van der Waals surface area contributed by atoms with Crippen molar-refractivity contribution in [2.75, 3.05) is 13.7 Å². The maximum atomic E-state index is 11.5. The first-order valence-electron chi connectivity index (χ1n) is 6.15. The van der Waals surface area contributed by atoms with Crippen LogP contribution in [0.4, 0.5) is 0 Å². The summed E-state index contributed by atoms with van der Waals surface area (Å²) in [5.41, 5.74) is 1.07. The molecule has 1 rings (SSSR count). The highest BCUT2D eigenvalue weighted by Gasteiger charge is 2.17. The lowest BCUT2D eigenvalue weighted by Gasteiger charge is -2.19. The number of ether oxygens (including phenoxy) is 2. The van der Waals surface area contributed by atoms with Crippen molar-refractivity contribution in [1.82, 2.24) is 5.32 Å². The summed E-state index contributed by atoms with van der Waals surface area (Å²) < 4.78 is 10.1. The highest BCUT2D eigenvalue weighted by atomic mass is 16.5. The van der Waals surface area contributed by atoms with E-state index in [2.05, 4.69) is 5.32 Å². The number of carbonyl (C=O) groups is 1. The van der Waals surface area contributed by atoms with E-state index >= 15 is 0 Å². The van der Waals surface area contributed by atoms with Crippen LogP contribution in [-0.4, -0.2) is 25.7 Å². The highest BCUT2D eigenvalue weighted by molar-refractivity contribution is 5.75. The summed E-state index contributed by atoms with van der Waals surface area (Å²) in [5.74, 6) is 0.581. The van der Waals surface area contributed by atoms with Gasteiger partial charge in [-0.2, -0.15) is 0 Å². The number of nitrogens with one attached hydrogen (secondary N) is 1. The molecule has 0 amide bonds. The standard InChI is InChI=1S/C14H21NO3/c1-5-18-14(16)11(3)15-10(2)12-7-6-8-13(9-12)17-4/h6-11,15H,5H2,1-4H3. The van der Waals surface area contributed by atoms with Crippen LogP contribution >= 0.6 is 0 Å². The van der Waals surface area contributed by atoms with Crippen LogP contribution in [0.1, 0.15) is 32.4 Å². The molecule has 0 heterocycles. The molecule has 1 aromatic rings. The van der Waals surface area contributed by atoms with E-state index in [0.717, 1.165) is 11.3 Å². The van der Waals surface area contributed by atoms with E-state index in [0.29, 0.717) is 6.61 Å². The third-order valence-electron chi connectivity index (χ3n) is 2.73. The molecule has 100 valence electrons. The molecule has 0 aliphatic rings. The van der Waals surface area contributed by atoms with Gasteiger partial charge < -0.3 is 9.47 Å². The Morgan fingerprint density at radius 2 is 2.11 bits per heavy atom. The maximum absolute atomic E-state index is 11.5. The number of rotatable bonds is 6. The van der Waals surface area contributed by atoms with E-state index in [1.165, 1.54) is 0 Å². The molecule has 0 aliphatic carbocycles. The molecule has 4 heteroatoms. The zero-order valence-electron chi connectivity index (χ0n) is 11.4. The summed E-state index contributed by atoms with van der Waals surface area (Å²) in [6.45, 7) is 6.01. The van der Waals surface area contributed by atoms with Gasteiger partial charge in [0.2, 0.25) is 0 Å². The quantitative estimate of drug-likeness (QED) is 0.788. The Kier molecular flexibility index (Phi) is 5.65. The Morgan fingerprint density at radius 1 is 1.39 bits per heavy atom. The van der Waals surface area contributed by atoms with Crippen molar-refractivity contribution in [1.29, 1.82) is 0 Å². The van der Waals surface area contributed by atoms with E-state index in [-0.39, 0.29) is 18.1 Å². The van der Waals surface area contributed by atoms with Crippen molar-refractivity contribution in [3.8, 4) is 5.75 Å². The van der Waals surface area contributed by atoms with E-state index in [9.17, 15) is 4.79 Å². The van der Waals surface area contributed by atoms with Gasteiger partial charge in [0.1, 0.15) is 11.8 Å². The molecule has 1 aromatic carbocycles. The zero-order valence-corrected chi connectivity index (χ0v) is 11.4. The molecule has 4 nitrogen and oxygen atoms in total. The van der Waals surface area contributed by atoms with E-state index in [1.54, 1.807) is 21.0 Å². The number of hydrogen-bond acceptors (Lipinski definition) is 4. The van der Waals surface area contributed by atoms with Gasteiger partial charge in [-0.1, -0.05) is 12.1 Å². The average Bonchev–Trinajstić information content (AvgIpc) is 2.39. The van der Waals surface area contributed by atoms with Gasteiger partial charge in [-0.25, -0.2) is 0 Å². The molecule has 0 radical (unpaired) electrons. The van der Waals surface area contributed by atoms with Gasteiger partial charge >= 0.3 is 5.97 Å². The van der Waals surface area contributed by atoms with Crippen molar-refractivity contribution in [3.63, 3.8) is 0 Å². The molecule has 0 aromatic heterocycles. The minimum absolute atomic E-state index is 0.0551. The fourth-order valence-corrected chi connectivity index (χ4v) is 1.72. The normalized spacial score (nSPS) is 13.8. The predicted molar refractivity (Wildman–Crippen MR) is 70.6 cm³/mol. The molecule has 18 heavy (non-hydrogen) atoms. The van der Waals surface area contributed by atoms with Crippen LogP contribution in [0.2, 0.25) is 0 Å². The summed E-state index contributed by atoms with van der Waals surface area (Å²) >= 11 is 0. The van der Waals surface area contributed by atoms with Crippen molar-refractivity contribution in [3.05, 3.63) is 29.8 Å². The van der Waals surface area contributed by atoms with Crippen LogP contribution in [-0.2, 0) is 9.53 Å². The lowest BCUT2D eigenvalue weighted by Crippen LogP contribution is -2.37. The van der Waals surface area contributed by atoms with Gasteiger partial charge in [0.05, 0.1) is 13.7 Å². The molecule has 0 bridgehead atoms. The first kappa shape index (κ1) is 14.5. The summed E-state index contributed by atoms with van der Waals surface area (Å²) in [5, 5.41) is 3.20. The number of hydrogen-bond donors (Lipinski definition) is 1. The van der Waals surface area contributed by atoms with Gasteiger partial charge in [0, 0.05) is 6.04 Å². The summed E-state index contributed by atoms with van der Waals surface area (Å²) in [6, 6.07) is 7.51. The predicted octanol–water partition coefficient (Wildman–Crippen LogP) is 2.30. The first-order valence-corrected chi connectivity index (χ1v) is 6.15. The van der Waals surface area contributed by atoms with Gasteiger partial charge in [0.25, 0.3) is 0 Å². The van der Waals surface area contributed by atoms with Crippen LogP contribution in [0.15, 0.2) is 24.3 Å². The molecule has 0 spiro atoms. The van der Waals surface area contributed by atoms with E-state index in [1.807, 2.05) is 31.2 Å². The lowest BCUT2D eigenvalue weighted by molar-refractivity contribution is -0.145. The van der Waals surface area contributed by atoms with E-state index < -0.39 is 0 Å². The van der Waals surface area contributed by atoms with Crippen LogP contribution in [0.5, 0.6) is 5.75 Å². The molecule has 2 unspecified atom stereocenters. The van der Waals surface area contributed by atoms with Crippen molar-refractivity contribution < 1.29 is 14.3 Å². The van der Waals surface area contributed by atoms with Crippen molar-refractivity contribution in [2.45, 2.75) is 32.9 Å². The van der Waals surface area contributed by atoms with Crippen LogP contribution in [0.25, 0.3) is 0 Å². The number of carbonyl (C=O) groups excluding carboxylic acids is 1. The Bertz CT molecular complexity index is 392. The number of esters is 1. The molecule has 0 aliphatic heterocycles. The molecule has 0 saturated carbocycles. The minimum atomic E-state index is -0.328. The number of benzene rings is 1. The summed E-state index contributed by atoms with van der Waals surface area (Å²) in [7, 11) is 1.64. The molecule has 1 N–H and O–H groups in total. The third kappa shape index (κ3) is 4.04. The monoisotopic (exact) mass is 251 g/mol. The fraction of sp³-hybridized carbons (Fsp3) is 0.500. The molecule has 0 saturated heterocycles. The van der Waals surface area contributed by atoms with Crippen LogP contribution in [0, 0.1) is 0 Å². The minimum Gasteiger partial charge on any atom is -0.497 e. The van der Waals surface area contributed by atoms with Crippen molar-refractivity contribution >= 4 is 5.97 Å². The molecule has 2 atom stereocenters. The Balaban J connectivity index is 2.63. The highest BCUT2D eigenvalue weighted by Crippen LogP contribution is 2.19.